The molecule has 1 aliphatic carbocycles. The number of hydrogen-bond acceptors (Lipinski definition) is 5. The Morgan fingerprint density at radius 3 is 2.76 bits per heavy atom. The van der Waals surface area contributed by atoms with E-state index in [1.54, 1.807) is 23.2 Å². The molecule has 2 N–H and O–H groups in total. The van der Waals surface area contributed by atoms with E-state index in [2.05, 4.69) is 15.6 Å². The van der Waals surface area contributed by atoms with Crippen molar-refractivity contribution in [1.82, 2.24) is 14.8 Å². The topological polar surface area (TPSA) is 77.6 Å². The number of carbonyl (C=O) groups excluding carboxylic acids is 2. The van der Waals surface area contributed by atoms with Crippen LogP contribution < -0.4 is 10.6 Å². The second kappa shape index (κ2) is 11.3. The molecule has 1 unspecified atom stereocenters. The van der Waals surface area contributed by atoms with E-state index in [1.807, 2.05) is 22.4 Å². The van der Waals surface area contributed by atoms with Gasteiger partial charge in [0.1, 0.15) is 6.04 Å². The Balaban J connectivity index is 1.42. The summed E-state index contributed by atoms with van der Waals surface area (Å²) in [7, 11) is 0. The van der Waals surface area contributed by atoms with Crippen LogP contribution in [0.4, 0.5) is 10.8 Å². The van der Waals surface area contributed by atoms with Crippen molar-refractivity contribution < 1.29 is 9.59 Å². The van der Waals surface area contributed by atoms with Gasteiger partial charge in [0.25, 0.3) is 0 Å². The van der Waals surface area contributed by atoms with Crippen LogP contribution in [0.1, 0.15) is 38.5 Å². The van der Waals surface area contributed by atoms with Crippen LogP contribution in [0.25, 0.3) is 0 Å². The molecule has 0 bridgehead atoms. The number of nitrogens with one attached hydrogen (secondary N) is 2. The van der Waals surface area contributed by atoms with E-state index in [0.29, 0.717) is 40.7 Å². The van der Waals surface area contributed by atoms with Gasteiger partial charge >= 0.3 is 0 Å². The average molecular weight is 506 g/mol. The fraction of sp³-hybridized carbons (Fsp3) is 0.478. The molecule has 1 aromatic carbocycles. The molecule has 0 radical (unpaired) electrons. The van der Waals surface area contributed by atoms with Gasteiger partial charge in [-0.25, -0.2) is 4.98 Å². The molecule has 1 aliphatic heterocycles. The molecule has 1 aromatic heterocycles. The highest BCUT2D eigenvalue weighted by Crippen LogP contribution is 2.30. The van der Waals surface area contributed by atoms with E-state index in [4.69, 9.17) is 23.8 Å². The van der Waals surface area contributed by atoms with Crippen LogP contribution in [0.15, 0.2) is 35.8 Å². The first-order valence-electron chi connectivity index (χ1n) is 11.3. The second-order valence-corrected chi connectivity index (χ2v) is 10.2. The highest BCUT2D eigenvalue weighted by molar-refractivity contribution is 7.80. The number of aromatic nitrogens is 1. The molecule has 1 atom stereocenters. The van der Waals surface area contributed by atoms with E-state index in [9.17, 15) is 9.59 Å². The second-order valence-electron chi connectivity index (χ2n) is 8.53. The van der Waals surface area contributed by atoms with Crippen LogP contribution >= 0.6 is 35.2 Å². The van der Waals surface area contributed by atoms with Gasteiger partial charge in [-0.05, 0) is 42.8 Å². The number of anilines is 2. The molecule has 7 nitrogen and oxygen atoms in total. The van der Waals surface area contributed by atoms with Crippen LogP contribution in [0.5, 0.6) is 0 Å². The predicted octanol–water partition coefficient (Wildman–Crippen LogP) is 4.62. The molecular weight excluding hydrogens is 478 g/mol. The van der Waals surface area contributed by atoms with Gasteiger partial charge in [0, 0.05) is 35.4 Å². The summed E-state index contributed by atoms with van der Waals surface area (Å²) in [5.41, 5.74) is 0.778. The molecule has 2 fully saturated rings. The lowest BCUT2D eigenvalue weighted by Gasteiger charge is -2.40. The molecule has 2 aliphatic rings. The van der Waals surface area contributed by atoms with Gasteiger partial charge in [0.05, 0.1) is 6.54 Å². The first kappa shape index (κ1) is 23.9. The zero-order valence-electron chi connectivity index (χ0n) is 18.3. The van der Waals surface area contributed by atoms with E-state index >= 15 is 0 Å². The highest BCUT2D eigenvalue weighted by atomic mass is 35.5. The predicted molar refractivity (Wildman–Crippen MR) is 137 cm³/mol. The van der Waals surface area contributed by atoms with Crippen LogP contribution in [0.3, 0.4) is 0 Å². The number of amides is 2. The van der Waals surface area contributed by atoms with Gasteiger partial charge in [-0.2, -0.15) is 0 Å². The minimum Gasteiger partial charge on any atom is -0.338 e. The summed E-state index contributed by atoms with van der Waals surface area (Å²) in [4.78, 5) is 34.1. The molecule has 4 rings (SSSR count). The van der Waals surface area contributed by atoms with Crippen LogP contribution in [0, 0.1) is 5.92 Å². The quantitative estimate of drug-likeness (QED) is 0.558. The third-order valence-corrected chi connectivity index (χ3v) is 7.53. The number of benzene rings is 1. The molecule has 176 valence electrons. The summed E-state index contributed by atoms with van der Waals surface area (Å²) in [5, 5.41) is 9.53. The van der Waals surface area contributed by atoms with Crippen molar-refractivity contribution in [1.29, 1.82) is 0 Å². The molecule has 0 spiro atoms. The summed E-state index contributed by atoms with van der Waals surface area (Å²) >= 11 is 13.0. The largest absolute Gasteiger partial charge is 0.338 e. The number of carbonyl (C=O) groups is 2. The van der Waals surface area contributed by atoms with Crippen LogP contribution in [0.2, 0.25) is 5.02 Å². The molecule has 2 aromatic rings. The molecule has 33 heavy (non-hydrogen) atoms. The SMILES string of the molecule is O=C(Nc1nccs1)C(CC1CCCCC1)N1CCN(C(=S)Nc2cccc(Cl)c2)CC1=O. The summed E-state index contributed by atoms with van der Waals surface area (Å²) in [5.74, 6) is 0.214. The Morgan fingerprint density at radius 1 is 1.24 bits per heavy atom. The maximum absolute atomic E-state index is 13.2. The maximum Gasteiger partial charge on any atom is 0.248 e. The average Bonchev–Trinajstić information content (AvgIpc) is 3.31. The summed E-state index contributed by atoms with van der Waals surface area (Å²) in [6, 6.07) is 6.80. The van der Waals surface area contributed by atoms with Crippen molar-refractivity contribution in [3.05, 3.63) is 40.9 Å². The van der Waals surface area contributed by atoms with Crippen molar-refractivity contribution in [2.75, 3.05) is 30.3 Å². The van der Waals surface area contributed by atoms with Crippen molar-refractivity contribution in [2.45, 2.75) is 44.6 Å². The van der Waals surface area contributed by atoms with Crippen molar-refractivity contribution >= 4 is 62.9 Å². The third-order valence-electron chi connectivity index (χ3n) is 6.24. The van der Waals surface area contributed by atoms with E-state index < -0.39 is 6.04 Å². The summed E-state index contributed by atoms with van der Waals surface area (Å²) < 4.78 is 0. The molecular formula is C23H28ClN5O2S2. The number of thiazole rings is 1. The van der Waals surface area contributed by atoms with Gasteiger partial charge in [-0.1, -0.05) is 49.8 Å². The number of rotatable bonds is 6. The lowest BCUT2D eigenvalue weighted by molar-refractivity contribution is -0.142. The molecule has 1 saturated heterocycles. The number of thiocarbonyl (C=S) groups is 1. The fourth-order valence-corrected chi connectivity index (χ4v) is 5.54. The first-order valence-corrected chi connectivity index (χ1v) is 13.0. The Hall–Kier alpha value is -2.23. The van der Waals surface area contributed by atoms with Gasteiger partial charge in [0.2, 0.25) is 11.8 Å². The zero-order chi connectivity index (χ0) is 23.2. The minimum atomic E-state index is -0.499. The van der Waals surface area contributed by atoms with Crippen molar-refractivity contribution in [3.63, 3.8) is 0 Å². The van der Waals surface area contributed by atoms with E-state index in [-0.39, 0.29) is 18.4 Å². The van der Waals surface area contributed by atoms with Gasteiger partial charge in [-0.3, -0.25) is 9.59 Å². The standard InChI is InChI=1S/C23H28ClN5O2S2/c24-17-7-4-8-18(14-17)26-23(32)28-10-11-29(20(30)15-28)19(13-16-5-2-1-3-6-16)21(31)27-22-25-9-12-33-22/h4,7-9,12,14,16,19H,1-3,5-6,10-11,13,15H2,(H,26,32)(H,25,27,31). The number of piperazine rings is 1. The number of nitrogens with zero attached hydrogens (tertiary/aromatic N) is 3. The van der Waals surface area contributed by atoms with E-state index in [0.717, 1.165) is 18.5 Å². The number of hydrogen-bond donors (Lipinski definition) is 2. The van der Waals surface area contributed by atoms with Gasteiger partial charge < -0.3 is 20.4 Å². The normalized spacial score (nSPS) is 18.2. The third kappa shape index (κ3) is 6.43. The first-order chi connectivity index (χ1) is 16.0. The van der Waals surface area contributed by atoms with E-state index in [1.165, 1.54) is 30.6 Å². The smallest absolute Gasteiger partial charge is 0.248 e. The highest BCUT2D eigenvalue weighted by Gasteiger charge is 2.36. The number of halogens is 1. The Labute approximate surface area is 208 Å². The lowest BCUT2D eigenvalue weighted by atomic mass is 9.84. The Kier molecular flexibility index (Phi) is 8.16. The van der Waals surface area contributed by atoms with Crippen LogP contribution in [-0.4, -0.2) is 57.4 Å². The minimum absolute atomic E-state index is 0.0911. The van der Waals surface area contributed by atoms with Crippen molar-refractivity contribution in [2.24, 2.45) is 5.92 Å². The lowest BCUT2D eigenvalue weighted by Crippen LogP contribution is -2.59. The monoisotopic (exact) mass is 505 g/mol. The van der Waals surface area contributed by atoms with Crippen LogP contribution in [-0.2, 0) is 9.59 Å². The van der Waals surface area contributed by atoms with Crippen molar-refractivity contribution in [3.8, 4) is 0 Å². The summed E-state index contributed by atoms with van der Waals surface area (Å²) in [6.45, 7) is 1.14. The zero-order valence-corrected chi connectivity index (χ0v) is 20.7. The fourth-order valence-electron chi connectivity index (χ4n) is 4.55. The summed E-state index contributed by atoms with van der Waals surface area (Å²) in [6.07, 6.45) is 8.21. The Bertz CT molecular complexity index is 981. The van der Waals surface area contributed by atoms with Gasteiger partial charge in [-0.15, -0.1) is 11.3 Å². The molecule has 2 heterocycles. The Morgan fingerprint density at radius 2 is 2.06 bits per heavy atom. The molecule has 2 amide bonds. The van der Waals surface area contributed by atoms with Gasteiger partial charge in [0.15, 0.2) is 10.2 Å². The maximum atomic E-state index is 13.2. The molecule has 10 heteroatoms. The molecule has 1 saturated carbocycles.